The smallest absolute Gasteiger partial charge is 0.251 e. The number of H-pyrrole nitrogens is 2. The predicted molar refractivity (Wildman–Crippen MR) is 104 cm³/mol. The molecular formula is C19H22N4O2S. The highest BCUT2D eigenvalue weighted by molar-refractivity contribution is 7.99. The third-order valence-electron chi connectivity index (χ3n) is 3.92. The van der Waals surface area contributed by atoms with Gasteiger partial charge in [0, 0.05) is 23.9 Å². The Morgan fingerprint density at radius 2 is 2.04 bits per heavy atom. The molecule has 0 aliphatic heterocycles. The Kier molecular flexibility index (Phi) is 6.22. The van der Waals surface area contributed by atoms with Crippen molar-refractivity contribution < 1.29 is 4.79 Å². The summed E-state index contributed by atoms with van der Waals surface area (Å²) in [5.41, 5.74) is 2.53. The molecule has 3 rings (SSSR count). The summed E-state index contributed by atoms with van der Waals surface area (Å²) in [6.45, 7) is 2.06. The lowest BCUT2D eigenvalue weighted by Gasteiger charge is -2.03. The maximum Gasteiger partial charge on any atom is 0.251 e. The second-order valence-corrected chi connectivity index (χ2v) is 7.24. The monoisotopic (exact) mass is 370 g/mol. The number of benzene rings is 1. The van der Waals surface area contributed by atoms with Crippen molar-refractivity contribution in [2.75, 3.05) is 5.75 Å². The van der Waals surface area contributed by atoms with E-state index in [0.29, 0.717) is 23.8 Å². The van der Waals surface area contributed by atoms with Gasteiger partial charge in [-0.1, -0.05) is 37.2 Å². The molecule has 26 heavy (non-hydrogen) atoms. The van der Waals surface area contributed by atoms with Crippen molar-refractivity contribution in [1.29, 1.82) is 0 Å². The average molecular weight is 370 g/mol. The molecule has 6 nitrogen and oxygen atoms in total. The molecule has 2 N–H and O–H groups in total. The number of rotatable bonds is 9. The number of carbonyl (C=O) groups is 1. The molecule has 7 heteroatoms. The summed E-state index contributed by atoms with van der Waals surface area (Å²) in [5.74, 6) is 1.61. The van der Waals surface area contributed by atoms with Crippen LogP contribution in [0.15, 0.2) is 40.3 Å². The first kappa shape index (κ1) is 18.4. The van der Waals surface area contributed by atoms with E-state index in [2.05, 4.69) is 26.9 Å². The fourth-order valence-electron chi connectivity index (χ4n) is 2.74. The van der Waals surface area contributed by atoms with Crippen molar-refractivity contribution in [3.63, 3.8) is 0 Å². The molecule has 0 atom stereocenters. The first-order chi connectivity index (χ1) is 12.6. The zero-order valence-electron chi connectivity index (χ0n) is 14.7. The molecule has 2 aromatic heterocycles. The fourth-order valence-corrected chi connectivity index (χ4v) is 3.58. The molecule has 0 fully saturated rings. The number of thioether (sulfide) groups is 1. The molecular weight excluding hydrogens is 348 g/mol. The Hall–Kier alpha value is -2.41. The summed E-state index contributed by atoms with van der Waals surface area (Å²) in [6.07, 6.45) is 3.30. The van der Waals surface area contributed by atoms with E-state index in [0.717, 1.165) is 41.7 Å². The van der Waals surface area contributed by atoms with Gasteiger partial charge in [0.1, 0.15) is 11.6 Å². The van der Waals surface area contributed by atoms with Gasteiger partial charge in [0.25, 0.3) is 5.56 Å². The second kappa shape index (κ2) is 8.80. The SMILES string of the molecule is CCCc1cc(=O)[nH]c(SCCCC(=O)Cc2nc3ccccc3[nH]2)n1. The number of Topliss-reactive ketones (excluding diaryl/α,β-unsaturated/α-hetero) is 1. The molecule has 1 aromatic carbocycles. The van der Waals surface area contributed by atoms with E-state index in [1.54, 1.807) is 6.07 Å². The van der Waals surface area contributed by atoms with E-state index in [-0.39, 0.29) is 11.3 Å². The van der Waals surface area contributed by atoms with Gasteiger partial charge in [-0.3, -0.25) is 9.59 Å². The van der Waals surface area contributed by atoms with Crippen molar-refractivity contribution in [3.05, 3.63) is 52.2 Å². The highest BCUT2D eigenvalue weighted by Gasteiger charge is 2.09. The molecule has 0 radical (unpaired) electrons. The lowest BCUT2D eigenvalue weighted by atomic mass is 10.2. The zero-order chi connectivity index (χ0) is 18.4. The highest BCUT2D eigenvalue weighted by atomic mass is 32.2. The summed E-state index contributed by atoms with van der Waals surface area (Å²) >= 11 is 1.48. The van der Waals surface area contributed by atoms with E-state index in [4.69, 9.17) is 0 Å². The largest absolute Gasteiger partial charge is 0.342 e. The van der Waals surface area contributed by atoms with Crippen LogP contribution in [0.5, 0.6) is 0 Å². The number of nitrogens with zero attached hydrogens (tertiary/aromatic N) is 2. The molecule has 0 saturated heterocycles. The van der Waals surface area contributed by atoms with Crippen LogP contribution in [0.25, 0.3) is 11.0 Å². The van der Waals surface area contributed by atoms with Gasteiger partial charge < -0.3 is 9.97 Å². The van der Waals surface area contributed by atoms with Gasteiger partial charge in [-0.25, -0.2) is 9.97 Å². The first-order valence-corrected chi connectivity index (χ1v) is 9.81. The molecule has 0 bridgehead atoms. The summed E-state index contributed by atoms with van der Waals surface area (Å²) in [7, 11) is 0. The molecule has 0 unspecified atom stereocenters. The Balaban J connectivity index is 1.46. The van der Waals surface area contributed by atoms with Crippen LogP contribution in [0.1, 0.15) is 37.7 Å². The number of ketones is 1. The lowest BCUT2D eigenvalue weighted by Crippen LogP contribution is -2.10. The van der Waals surface area contributed by atoms with E-state index in [1.807, 2.05) is 24.3 Å². The summed E-state index contributed by atoms with van der Waals surface area (Å²) < 4.78 is 0. The maximum atomic E-state index is 12.2. The Morgan fingerprint density at radius 3 is 2.85 bits per heavy atom. The maximum absolute atomic E-state index is 12.2. The third kappa shape index (κ3) is 5.05. The minimum atomic E-state index is -0.119. The highest BCUT2D eigenvalue weighted by Crippen LogP contribution is 2.15. The molecule has 2 heterocycles. The molecule has 0 saturated carbocycles. The minimum absolute atomic E-state index is 0.119. The number of aromatic nitrogens is 4. The van der Waals surface area contributed by atoms with Gasteiger partial charge in [0.15, 0.2) is 5.16 Å². The van der Waals surface area contributed by atoms with Gasteiger partial charge in [0.2, 0.25) is 0 Å². The number of aromatic amines is 2. The van der Waals surface area contributed by atoms with Crippen molar-refractivity contribution in [2.24, 2.45) is 0 Å². The first-order valence-electron chi connectivity index (χ1n) is 8.82. The summed E-state index contributed by atoms with van der Waals surface area (Å²) in [6, 6.07) is 9.30. The number of para-hydroxylation sites is 2. The van der Waals surface area contributed by atoms with Crippen LogP contribution in [0.3, 0.4) is 0 Å². The Morgan fingerprint density at radius 1 is 1.19 bits per heavy atom. The van der Waals surface area contributed by atoms with Gasteiger partial charge in [-0.05, 0) is 25.0 Å². The topological polar surface area (TPSA) is 91.5 Å². The quantitative estimate of drug-likeness (QED) is 0.343. The second-order valence-electron chi connectivity index (χ2n) is 6.16. The van der Waals surface area contributed by atoms with Crippen LogP contribution in [0.4, 0.5) is 0 Å². The number of hydrogen-bond donors (Lipinski definition) is 2. The molecule has 0 amide bonds. The van der Waals surface area contributed by atoms with Gasteiger partial charge in [0.05, 0.1) is 17.5 Å². The Labute approximate surface area is 155 Å². The number of aryl methyl sites for hydroxylation is 1. The van der Waals surface area contributed by atoms with Crippen molar-refractivity contribution >= 4 is 28.6 Å². The standard InChI is InChI=1S/C19H22N4O2S/c1-2-6-13-11-18(25)23-19(20-13)26-10-5-7-14(24)12-17-21-15-8-3-4-9-16(15)22-17/h3-4,8-9,11H,2,5-7,10,12H2,1H3,(H,21,22)(H,20,23,25). The predicted octanol–water partition coefficient (Wildman–Crippen LogP) is 3.28. The van der Waals surface area contributed by atoms with Crippen LogP contribution in [0, 0.1) is 0 Å². The Bertz CT molecular complexity index is 915. The van der Waals surface area contributed by atoms with Crippen LogP contribution < -0.4 is 5.56 Å². The molecule has 0 aliphatic rings. The number of fused-ring (bicyclic) bond motifs is 1. The average Bonchev–Trinajstić information content (AvgIpc) is 3.00. The van der Waals surface area contributed by atoms with Crippen LogP contribution >= 0.6 is 11.8 Å². The number of carbonyl (C=O) groups excluding carboxylic acids is 1. The summed E-state index contributed by atoms with van der Waals surface area (Å²) in [4.78, 5) is 38.6. The number of hydrogen-bond acceptors (Lipinski definition) is 5. The van der Waals surface area contributed by atoms with Crippen molar-refractivity contribution in [2.45, 2.75) is 44.2 Å². The van der Waals surface area contributed by atoms with Crippen LogP contribution in [0.2, 0.25) is 0 Å². The fraction of sp³-hybridized carbons (Fsp3) is 0.368. The third-order valence-corrected chi connectivity index (χ3v) is 4.88. The molecule has 3 aromatic rings. The van der Waals surface area contributed by atoms with Crippen molar-refractivity contribution in [3.8, 4) is 0 Å². The van der Waals surface area contributed by atoms with Crippen LogP contribution in [-0.4, -0.2) is 31.5 Å². The minimum Gasteiger partial charge on any atom is -0.342 e. The normalized spacial score (nSPS) is 11.1. The molecule has 0 aliphatic carbocycles. The molecule has 136 valence electrons. The van der Waals surface area contributed by atoms with Crippen LogP contribution in [-0.2, 0) is 17.6 Å². The van der Waals surface area contributed by atoms with E-state index in [9.17, 15) is 9.59 Å². The van der Waals surface area contributed by atoms with E-state index >= 15 is 0 Å². The van der Waals surface area contributed by atoms with Gasteiger partial charge >= 0.3 is 0 Å². The van der Waals surface area contributed by atoms with Gasteiger partial charge in [-0.2, -0.15) is 0 Å². The number of nitrogens with one attached hydrogen (secondary N) is 2. The zero-order valence-corrected chi connectivity index (χ0v) is 15.6. The van der Waals surface area contributed by atoms with Gasteiger partial charge in [-0.15, -0.1) is 0 Å². The number of imidazole rings is 1. The van der Waals surface area contributed by atoms with E-state index in [1.165, 1.54) is 11.8 Å². The van der Waals surface area contributed by atoms with E-state index < -0.39 is 0 Å². The van der Waals surface area contributed by atoms with Crippen molar-refractivity contribution in [1.82, 2.24) is 19.9 Å². The lowest BCUT2D eigenvalue weighted by molar-refractivity contribution is -0.118. The summed E-state index contributed by atoms with van der Waals surface area (Å²) in [5, 5.41) is 0.630. The molecule has 0 spiro atoms.